The van der Waals surface area contributed by atoms with Gasteiger partial charge in [0.15, 0.2) is 0 Å². The average Bonchev–Trinajstić information content (AvgIpc) is 3.16. The lowest BCUT2D eigenvalue weighted by Crippen LogP contribution is -2.36. The summed E-state index contributed by atoms with van der Waals surface area (Å²) >= 11 is 0. The molecule has 1 saturated carbocycles. The number of nitrogens with one attached hydrogen (secondary N) is 1. The SMILES string of the molecule is Cc1ccc(C(NCC(C)(C)C(C)C)C2CC2)cc1. The third kappa shape index (κ3) is 3.82. The highest BCUT2D eigenvalue weighted by molar-refractivity contribution is 5.25. The van der Waals surface area contributed by atoms with Crippen LogP contribution in [0.3, 0.4) is 0 Å². The molecule has 1 N–H and O–H groups in total. The monoisotopic (exact) mass is 259 g/mol. The van der Waals surface area contributed by atoms with E-state index in [0.717, 1.165) is 12.5 Å². The molecule has 1 aliphatic carbocycles. The Morgan fingerprint density at radius 2 is 1.74 bits per heavy atom. The smallest absolute Gasteiger partial charge is 0.0348 e. The van der Waals surface area contributed by atoms with E-state index in [2.05, 4.69) is 64.2 Å². The highest BCUT2D eigenvalue weighted by Gasteiger charge is 2.33. The van der Waals surface area contributed by atoms with Crippen LogP contribution in [0.25, 0.3) is 0 Å². The van der Waals surface area contributed by atoms with Crippen molar-refractivity contribution < 1.29 is 0 Å². The van der Waals surface area contributed by atoms with Crippen LogP contribution < -0.4 is 5.32 Å². The van der Waals surface area contributed by atoms with Gasteiger partial charge in [0.2, 0.25) is 0 Å². The number of aryl methyl sites for hydroxylation is 1. The second kappa shape index (κ2) is 5.66. The summed E-state index contributed by atoms with van der Waals surface area (Å²) in [4.78, 5) is 0. The summed E-state index contributed by atoms with van der Waals surface area (Å²) in [5.74, 6) is 1.56. The lowest BCUT2D eigenvalue weighted by Gasteiger charge is -2.32. The Kier molecular flexibility index (Phi) is 4.35. The minimum absolute atomic E-state index is 0.359. The molecule has 0 bridgehead atoms. The molecule has 0 aromatic heterocycles. The van der Waals surface area contributed by atoms with Crippen LogP contribution >= 0.6 is 0 Å². The van der Waals surface area contributed by atoms with Crippen molar-refractivity contribution in [2.45, 2.75) is 53.5 Å². The number of hydrogen-bond acceptors (Lipinski definition) is 1. The van der Waals surface area contributed by atoms with E-state index in [9.17, 15) is 0 Å². The molecule has 0 amide bonds. The summed E-state index contributed by atoms with van der Waals surface area (Å²) in [6.45, 7) is 12.6. The van der Waals surface area contributed by atoms with Crippen LogP contribution in [0.4, 0.5) is 0 Å². The molecule has 1 unspecified atom stereocenters. The standard InChI is InChI=1S/C18H29N/c1-13(2)18(4,5)12-19-17(16-10-11-16)15-8-6-14(3)7-9-15/h6-9,13,16-17,19H,10-12H2,1-5H3. The molecule has 1 atom stereocenters. The zero-order valence-corrected chi connectivity index (χ0v) is 13.2. The fourth-order valence-electron chi connectivity index (χ4n) is 2.34. The third-order valence-electron chi connectivity index (χ3n) is 4.87. The largest absolute Gasteiger partial charge is 0.309 e. The Morgan fingerprint density at radius 1 is 1.16 bits per heavy atom. The predicted molar refractivity (Wildman–Crippen MR) is 83.3 cm³/mol. The zero-order valence-electron chi connectivity index (χ0n) is 13.2. The normalized spacial score (nSPS) is 17.8. The van der Waals surface area contributed by atoms with Crippen molar-refractivity contribution in [1.29, 1.82) is 0 Å². The maximum atomic E-state index is 3.84. The Hall–Kier alpha value is -0.820. The van der Waals surface area contributed by atoms with Crippen LogP contribution in [-0.2, 0) is 0 Å². The second-order valence-corrected chi connectivity index (χ2v) is 7.25. The molecule has 0 radical (unpaired) electrons. The third-order valence-corrected chi connectivity index (χ3v) is 4.87. The molecule has 1 aromatic carbocycles. The molecule has 1 aromatic rings. The van der Waals surface area contributed by atoms with Crippen LogP contribution in [0, 0.1) is 24.2 Å². The van der Waals surface area contributed by atoms with E-state index in [1.165, 1.54) is 24.0 Å². The average molecular weight is 259 g/mol. The summed E-state index contributed by atoms with van der Waals surface area (Å²) in [6, 6.07) is 9.63. The van der Waals surface area contributed by atoms with E-state index >= 15 is 0 Å². The van der Waals surface area contributed by atoms with Gasteiger partial charge in [0, 0.05) is 12.6 Å². The second-order valence-electron chi connectivity index (χ2n) is 7.25. The fraction of sp³-hybridized carbons (Fsp3) is 0.667. The van der Waals surface area contributed by atoms with Gasteiger partial charge in [-0.2, -0.15) is 0 Å². The molecular weight excluding hydrogens is 230 g/mol. The van der Waals surface area contributed by atoms with Crippen molar-refractivity contribution in [2.24, 2.45) is 17.3 Å². The number of benzene rings is 1. The van der Waals surface area contributed by atoms with Crippen molar-refractivity contribution in [3.63, 3.8) is 0 Å². The molecule has 1 fully saturated rings. The maximum absolute atomic E-state index is 3.84. The van der Waals surface area contributed by atoms with E-state index < -0.39 is 0 Å². The molecule has 0 heterocycles. The Labute approximate surface area is 118 Å². The van der Waals surface area contributed by atoms with Crippen molar-refractivity contribution in [3.8, 4) is 0 Å². The Balaban J connectivity index is 2.03. The van der Waals surface area contributed by atoms with Crippen LogP contribution in [0.2, 0.25) is 0 Å². The summed E-state index contributed by atoms with van der Waals surface area (Å²) in [5, 5.41) is 3.84. The van der Waals surface area contributed by atoms with Crippen LogP contribution in [0.5, 0.6) is 0 Å². The van der Waals surface area contributed by atoms with E-state index in [4.69, 9.17) is 0 Å². The molecule has 1 aliphatic rings. The molecule has 0 spiro atoms. The zero-order chi connectivity index (χ0) is 14.0. The van der Waals surface area contributed by atoms with Gasteiger partial charge < -0.3 is 5.32 Å². The van der Waals surface area contributed by atoms with E-state index in [1.807, 2.05) is 0 Å². The fourth-order valence-corrected chi connectivity index (χ4v) is 2.34. The van der Waals surface area contributed by atoms with Gasteiger partial charge in [-0.25, -0.2) is 0 Å². The Bertz CT molecular complexity index is 398. The van der Waals surface area contributed by atoms with Gasteiger partial charge in [0.1, 0.15) is 0 Å². The summed E-state index contributed by atoms with van der Waals surface area (Å²) in [5.41, 5.74) is 3.17. The first kappa shape index (κ1) is 14.6. The van der Waals surface area contributed by atoms with Gasteiger partial charge in [0.05, 0.1) is 0 Å². The molecular formula is C18H29N. The number of hydrogen-bond donors (Lipinski definition) is 1. The molecule has 0 aliphatic heterocycles. The van der Waals surface area contributed by atoms with Gasteiger partial charge in [-0.05, 0) is 42.6 Å². The molecule has 0 saturated heterocycles. The van der Waals surface area contributed by atoms with Gasteiger partial charge in [-0.15, -0.1) is 0 Å². The summed E-state index contributed by atoms with van der Waals surface area (Å²) in [7, 11) is 0. The van der Waals surface area contributed by atoms with Crippen LogP contribution in [0.1, 0.15) is 57.7 Å². The van der Waals surface area contributed by atoms with E-state index in [-0.39, 0.29) is 0 Å². The van der Waals surface area contributed by atoms with Crippen LogP contribution in [-0.4, -0.2) is 6.54 Å². The minimum atomic E-state index is 0.359. The van der Waals surface area contributed by atoms with Crippen molar-refractivity contribution >= 4 is 0 Å². The van der Waals surface area contributed by atoms with E-state index in [0.29, 0.717) is 17.4 Å². The van der Waals surface area contributed by atoms with Gasteiger partial charge in [-0.3, -0.25) is 0 Å². The minimum Gasteiger partial charge on any atom is -0.309 e. The first-order valence-corrected chi connectivity index (χ1v) is 7.70. The van der Waals surface area contributed by atoms with Gasteiger partial charge in [-0.1, -0.05) is 57.5 Å². The lowest BCUT2D eigenvalue weighted by molar-refractivity contribution is 0.224. The van der Waals surface area contributed by atoms with Crippen molar-refractivity contribution in [1.82, 2.24) is 5.32 Å². The molecule has 2 rings (SSSR count). The van der Waals surface area contributed by atoms with Gasteiger partial charge >= 0.3 is 0 Å². The van der Waals surface area contributed by atoms with Crippen molar-refractivity contribution in [3.05, 3.63) is 35.4 Å². The summed E-state index contributed by atoms with van der Waals surface area (Å²) < 4.78 is 0. The van der Waals surface area contributed by atoms with Crippen molar-refractivity contribution in [2.75, 3.05) is 6.54 Å². The first-order chi connectivity index (χ1) is 8.90. The molecule has 1 nitrogen and oxygen atoms in total. The topological polar surface area (TPSA) is 12.0 Å². The molecule has 106 valence electrons. The quantitative estimate of drug-likeness (QED) is 0.779. The maximum Gasteiger partial charge on any atom is 0.0348 e. The Morgan fingerprint density at radius 3 is 2.21 bits per heavy atom. The first-order valence-electron chi connectivity index (χ1n) is 7.70. The predicted octanol–water partition coefficient (Wildman–Crippen LogP) is 4.72. The van der Waals surface area contributed by atoms with Gasteiger partial charge in [0.25, 0.3) is 0 Å². The molecule has 19 heavy (non-hydrogen) atoms. The van der Waals surface area contributed by atoms with Crippen LogP contribution in [0.15, 0.2) is 24.3 Å². The van der Waals surface area contributed by atoms with E-state index in [1.54, 1.807) is 0 Å². The number of rotatable bonds is 6. The highest BCUT2D eigenvalue weighted by atomic mass is 14.9. The molecule has 1 heteroatoms. The lowest BCUT2D eigenvalue weighted by atomic mass is 9.81. The highest BCUT2D eigenvalue weighted by Crippen LogP contribution is 2.41. The summed E-state index contributed by atoms with van der Waals surface area (Å²) in [6.07, 6.45) is 2.77.